The molecule has 10 heteroatoms. The highest BCUT2D eigenvalue weighted by atomic mass is 16.4. The largest absolute Gasteiger partial charge is 0.478 e. The lowest BCUT2D eigenvalue weighted by atomic mass is 9.94. The summed E-state index contributed by atoms with van der Waals surface area (Å²) in [5.74, 6) is -3.41. The van der Waals surface area contributed by atoms with Crippen LogP contribution in [0.1, 0.15) is 67.9 Å². The van der Waals surface area contributed by atoms with E-state index in [-0.39, 0.29) is 30.4 Å². The number of carboxylic acid groups (broad SMARTS) is 1. The molecule has 0 heterocycles. The molecular formula is C30H41N3O7. The summed E-state index contributed by atoms with van der Waals surface area (Å²) in [6.45, 7) is 7.17. The number of hydrogen-bond acceptors (Lipinski definition) is 6. The Labute approximate surface area is 235 Å². The Kier molecular flexibility index (Phi) is 12.8. The fourth-order valence-corrected chi connectivity index (χ4v) is 4.29. The lowest BCUT2D eigenvalue weighted by Crippen LogP contribution is -2.52. The fraction of sp³-hybridized carbons (Fsp3) is 0.467. The lowest BCUT2D eigenvalue weighted by molar-refractivity contribution is -0.132. The van der Waals surface area contributed by atoms with Gasteiger partial charge in [-0.15, -0.1) is 0 Å². The van der Waals surface area contributed by atoms with Crippen molar-refractivity contribution < 1.29 is 34.5 Å². The standard InChI is InChI=1S/C30H41N3O7/c1-18(2)14-24(32-28(37)23(17-34)21-8-6-5-7-9-21)25(35)15-26(36)33-27(19(3)4)29(38)31-16-20-10-12-22(13-11-20)30(39)40/h5-13,18-19,23-25,27,34-35H,14-17H2,1-4H3,(H,31,38)(H,32,37)(H,33,36)(H,39,40)/t23?,24-,25+,27-/m0/s1. The van der Waals surface area contributed by atoms with Gasteiger partial charge in [0.05, 0.1) is 36.7 Å². The molecule has 6 N–H and O–H groups in total. The highest BCUT2D eigenvalue weighted by Crippen LogP contribution is 2.18. The second-order valence-electron chi connectivity index (χ2n) is 10.7. The van der Waals surface area contributed by atoms with Crippen molar-refractivity contribution in [3.8, 4) is 0 Å². The van der Waals surface area contributed by atoms with Crippen LogP contribution in [-0.4, -0.2) is 63.8 Å². The first-order valence-corrected chi connectivity index (χ1v) is 13.5. The second kappa shape index (κ2) is 15.7. The first kappa shape index (κ1) is 32.5. The Balaban J connectivity index is 2.01. The smallest absolute Gasteiger partial charge is 0.335 e. The molecule has 3 amide bonds. The molecule has 4 atom stereocenters. The van der Waals surface area contributed by atoms with Crippen LogP contribution in [0.4, 0.5) is 0 Å². The number of aliphatic hydroxyl groups is 2. The molecule has 0 aliphatic carbocycles. The molecule has 0 spiro atoms. The summed E-state index contributed by atoms with van der Waals surface area (Å²) in [6.07, 6.45) is -1.15. The quantitative estimate of drug-likeness (QED) is 0.196. The van der Waals surface area contributed by atoms with E-state index in [4.69, 9.17) is 5.11 Å². The molecular weight excluding hydrogens is 514 g/mol. The maximum atomic E-state index is 13.0. The second-order valence-corrected chi connectivity index (χ2v) is 10.7. The average molecular weight is 556 g/mol. The molecule has 0 aliphatic heterocycles. The van der Waals surface area contributed by atoms with Gasteiger partial charge >= 0.3 is 5.97 Å². The number of hydrogen-bond donors (Lipinski definition) is 6. The summed E-state index contributed by atoms with van der Waals surface area (Å²) >= 11 is 0. The topological polar surface area (TPSA) is 165 Å². The van der Waals surface area contributed by atoms with Gasteiger partial charge in [0.2, 0.25) is 17.7 Å². The van der Waals surface area contributed by atoms with Crippen molar-refractivity contribution in [3.05, 3.63) is 71.3 Å². The van der Waals surface area contributed by atoms with E-state index in [1.165, 1.54) is 12.1 Å². The third-order valence-electron chi connectivity index (χ3n) is 6.55. The number of aromatic carboxylic acids is 1. The van der Waals surface area contributed by atoms with E-state index in [1.807, 2.05) is 19.9 Å². The van der Waals surface area contributed by atoms with E-state index in [9.17, 15) is 29.4 Å². The number of amides is 3. The number of benzene rings is 2. The molecule has 0 radical (unpaired) electrons. The first-order valence-electron chi connectivity index (χ1n) is 13.5. The number of nitrogens with one attached hydrogen (secondary N) is 3. The van der Waals surface area contributed by atoms with Crippen molar-refractivity contribution in [1.29, 1.82) is 0 Å². The van der Waals surface area contributed by atoms with Gasteiger partial charge in [0.1, 0.15) is 6.04 Å². The summed E-state index contributed by atoms with van der Waals surface area (Å²) in [5, 5.41) is 38.0. The molecule has 2 rings (SSSR count). The minimum atomic E-state index is -1.22. The Hall–Kier alpha value is -3.76. The van der Waals surface area contributed by atoms with Crippen molar-refractivity contribution in [2.24, 2.45) is 11.8 Å². The van der Waals surface area contributed by atoms with Gasteiger partial charge in [0.15, 0.2) is 0 Å². The van der Waals surface area contributed by atoms with E-state index < -0.39 is 54.4 Å². The first-order chi connectivity index (χ1) is 18.9. The summed E-state index contributed by atoms with van der Waals surface area (Å²) < 4.78 is 0. The highest BCUT2D eigenvalue weighted by molar-refractivity contribution is 5.89. The van der Waals surface area contributed by atoms with Gasteiger partial charge in [0.25, 0.3) is 0 Å². The van der Waals surface area contributed by atoms with Crippen molar-refractivity contribution in [2.75, 3.05) is 6.61 Å². The normalized spacial score (nSPS) is 14.2. The molecule has 1 unspecified atom stereocenters. The van der Waals surface area contributed by atoms with Crippen LogP contribution in [0, 0.1) is 11.8 Å². The number of aliphatic hydroxyl groups excluding tert-OH is 2. The van der Waals surface area contributed by atoms with E-state index in [2.05, 4.69) is 16.0 Å². The predicted molar refractivity (Wildman–Crippen MR) is 150 cm³/mol. The van der Waals surface area contributed by atoms with E-state index in [0.29, 0.717) is 17.5 Å². The molecule has 40 heavy (non-hydrogen) atoms. The van der Waals surface area contributed by atoms with Gasteiger partial charge in [-0.1, -0.05) is 70.2 Å². The fourth-order valence-electron chi connectivity index (χ4n) is 4.29. The van der Waals surface area contributed by atoms with E-state index in [1.54, 1.807) is 50.2 Å². The summed E-state index contributed by atoms with van der Waals surface area (Å²) in [5.41, 5.74) is 1.48. The molecule has 218 valence electrons. The van der Waals surface area contributed by atoms with Gasteiger partial charge in [-0.2, -0.15) is 0 Å². The van der Waals surface area contributed by atoms with Gasteiger partial charge in [0, 0.05) is 6.54 Å². The zero-order chi connectivity index (χ0) is 29.8. The van der Waals surface area contributed by atoms with Gasteiger partial charge in [-0.3, -0.25) is 14.4 Å². The maximum Gasteiger partial charge on any atom is 0.335 e. The minimum absolute atomic E-state index is 0.103. The third-order valence-corrected chi connectivity index (χ3v) is 6.55. The molecule has 0 saturated heterocycles. The summed E-state index contributed by atoms with van der Waals surface area (Å²) in [6, 6.07) is 13.3. The molecule has 0 saturated carbocycles. The van der Waals surface area contributed by atoms with Crippen LogP contribution >= 0.6 is 0 Å². The van der Waals surface area contributed by atoms with E-state index >= 15 is 0 Å². The monoisotopic (exact) mass is 555 g/mol. The van der Waals surface area contributed by atoms with Crippen molar-refractivity contribution in [1.82, 2.24) is 16.0 Å². The molecule has 0 aromatic heterocycles. The highest BCUT2D eigenvalue weighted by Gasteiger charge is 2.30. The molecule has 2 aromatic rings. The number of carboxylic acids is 1. The SMILES string of the molecule is CC(C)C[C@H](NC(=O)C(CO)c1ccccc1)[C@H](O)CC(=O)N[C@H](C(=O)NCc1ccc(C(=O)O)cc1)C(C)C. The van der Waals surface area contributed by atoms with Crippen molar-refractivity contribution in [3.63, 3.8) is 0 Å². The number of carbonyl (C=O) groups is 4. The van der Waals surface area contributed by atoms with Crippen LogP contribution in [0.3, 0.4) is 0 Å². The van der Waals surface area contributed by atoms with Gasteiger partial charge in [-0.05, 0) is 41.5 Å². The molecule has 10 nitrogen and oxygen atoms in total. The van der Waals surface area contributed by atoms with Crippen LogP contribution < -0.4 is 16.0 Å². The Bertz CT molecular complexity index is 1120. The van der Waals surface area contributed by atoms with Crippen LogP contribution in [0.25, 0.3) is 0 Å². The Morgan fingerprint density at radius 1 is 0.850 bits per heavy atom. The average Bonchev–Trinajstić information content (AvgIpc) is 2.90. The van der Waals surface area contributed by atoms with Crippen molar-refractivity contribution >= 4 is 23.7 Å². The zero-order valence-electron chi connectivity index (χ0n) is 23.5. The van der Waals surface area contributed by atoms with Crippen LogP contribution in [0.5, 0.6) is 0 Å². The summed E-state index contributed by atoms with van der Waals surface area (Å²) in [4.78, 5) is 49.7. The van der Waals surface area contributed by atoms with Crippen LogP contribution in [0.2, 0.25) is 0 Å². The lowest BCUT2D eigenvalue weighted by Gasteiger charge is -2.28. The molecule has 0 aliphatic rings. The molecule has 0 bridgehead atoms. The predicted octanol–water partition coefficient (Wildman–Crippen LogP) is 2.20. The van der Waals surface area contributed by atoms with Crippen LogP contribution in [0.15, 0.2) is 54.6 Å². The van der Waals surface area contributed by atoms with Crippen LogP contribution in [-0.2, 0) is 20.9 Å². The number of carbonyl (C=O) groups excluding carboxylic acids is 3. The van der Waals surface area contributed by atoms with E-state index in [0.717, 1.165) is 0 Å². The third kappa shape index (κ3) is 10.1. The van der Waals surface area contributed by atoms with Crippen molar-refractivity contribution in [2.45, 2.75) is 71.2 Å². The zero-order valence-corrected chi connectivity index (χ0v) is 23.5. The maximum absolute atomic E-state index is 13.0. The minimum Gasteiger partial charge on any atom is -0.478 e. The molecule has 2 aromatic carbocycles. The van der Waals surface area contributed by atoms with Gasteiger partial charge in [-0.25, -0.2) is 4.79 Å². The molecule has 0 fully saturated rings. The Morgan fingerprint density at radius 3 is 2.00 bits per heavy atom. The Morgan fingerprint density at radius 2 is 1.48 bits per heavy atom. The number of rotatable bonds is 15. The van der Waals surface area contributed by atoms with Gasteiger partial charge < -0.3 is 31.3 Å². The summed E-state index contributed by atoms with van der Waals surface area (Å²) in [7, 11) is 0.